The molecule has 2 rings (SSSR count). The van der Waals surface area contributed by atoms with Crippen molar-refractivity contribution in [2.75, 3.05) is 0 Å². The molecule has 0 atom stereocenters. The molecule has 1 aliphatic carbocycles. The van der Waals surface area contributed by atoms with Crippen LogP contribution >= 0.6 is 0 Å². The third kappa shape index (κ3) is 1.93. The first kappa shape index (κ1) is 10.7. The fourth-order valence-electron chi connectivity index (χ4n) is 1.66. The number of carbonyl (C=O) groups excluding carboxylic acids is 2. The zero-order chi connectivity index (χ0) is 11.4. The molecular weight excluding hydrogens is 220 g/mol. The lowest BCUT2D eigenvalue weighted by Crippen LogP contribution is -1.91. The van der Waals surface area contributed by atoms with Gasteiger partial charge in [-0.2, -0.15) is 0 Å². The molecule has 0 N–H and O–H groups in total. The Morgan fingerprint density at radius 2 is 1.88 bits per heavy atom. The Bertz CT molecular complexity index is 591. The molecule has 1 aromatic rings. The number of hydrogen-bond donors (Lipinski definition) is 0. The van der Waals surface area contributed by atoms with Gasteiger partial charge < -0.3 is 0 Å². The van der Waals surface area contributed by atoms with Gasteiger partial charge in [-0.15, -0.1) is 4.90 Å². The molecule has 0 aromatic heterocycles. The molecule has 16 heavy (non-hydrogen) atoms. The fourth-order valence-corrected chi connectivity index (χ4v) is 2.51. The predicted octanol–water partition coefficient (Wildman–Crippen LogP) is 2.14. The predicted molar refractivity (Wildman–Crippen MR) is 65.2 cm³/mol. The maximum Gasteiger partial charge on any atom is -0.00890 e. The molecule has 0 spiro atoms. The molecule has 3 heteroatoms. The Morgan fingerprint density at radius 1 is 1.12 bits per heavy atom. The van der Waals surface area contributed by atoms with Crippen LogP contribution in [0.15, 0.2) is 47.4 Å². The summed E-state index contributed by atoms with van der Waals surface area (Å²) >= 11 is 0. The van der Waals surface area contributed by atoms with E-state index in [4.69, 9.17) is 0 Å². The Morgan fingerprint density at radius 3 is 2.50 bits per heavy atom. The van der Waals surface area contributed by atoms with Crippen molar-refractivity contribution in [3.8, 4) is 0 Å². The normalized spacial score (nSPS) is 13.4. The molecule has 0 heterocycles. The van der Waals surface area contributed by atoms with E-state index in [0.717, 1.165) is 17.6 Å². The summed E-state index contributed by atoms with van der Waals surface area (Å²) in [6.45, 7) is 0. The number of allylic oxidation sites excluding steroid dienone is 4. The highest BCUT2D eigenvalue weighted by Gasteiger charge is 2.03. The van der Waals surface area contributed by atoms with Crippen molar-refractivity contribution in [2.45, 2.75) is 11.3 Å². The summed E-state index contributed by atoms with van der Waals surface area (Å²) in [5.41, 5.74) is 2.07. The van der Waals surface area contributed by atoms with E-state index in [9.17, 15) is 9.59 Å². The molecule has 0 radical (unpaired) electrons. The van der Waals surface area contributed by atoms with E-state index >= 15 is 0 Å². The molecule has 80 valence electrons. The van der Waals surface area contributed by atoms with Gasteiger partial charge in [-0.25, -0.2) is 0 Å². The van der Waals surface area contributed by atoms with Crippen molar-refractivity contribution in [2.24, 2.45) is 0 Å². The highest BCUT2D eigenvalue weighted by Crippen LogP contribution is 2.26. The van der Waals surface area contributed by atoms with Gasteiger partial charge in [0, 0.05) is 0 Å². The Kier molecular flexibility index (Phi) is 3.23. The topological polar surface area (TPSA) is 34.1 Å². The monoisotopic (exact) mass is 229 g/mol. The standard InChI is InChI=1S/C13H9O2S/c14-9-16(10-15)13-8-4-3-7-12(13)11-5-1-2-6-11/h1-5,7-8H,6H2/q-1. The summed E-state index contributed by atoms with van der Waals surface area (Å²) < 4.78 is 0. The quantitative estimate of drug-likeness (QED) is 0.575. The first-order valence-electron chi connectivity index (χ1n) is 4.82. The van der Waals surface area contributed by atoms with Crippen LogP contribution in [-0.2, 0) is 19.7 Å². The molecule has 0 fully saturated rings. The average Bonchev–Trinajstić information content (AvgIpc) is 2.85. The Hall–Kier alpha value is -1.79. The molecule has 0 unspecified atom stereocenters. The van der Waals surface area contributed by atoms with Crippen LogP contribution in [0.3, 0.4) is 0 Å². The maximum absolute atomic E-state index is 10.7. The van der Waals surface area contributed by atoms with Crippen LogP contribution in [0.4, 0.5) is 0 Å². The zero-order valence-corrected chi connectivity index (χ0v) is 9.29. The molecule has 1 aromatic carbocycles. The van der Waals surface area contributed by atoms with Crippen LogP contribution in [0.5, 0.6) is 0 Å². The van der Waals surface area contributed by atoms with Crippen molar-refractivity contribution in [3.05, 3.63) is 48.1 Å². The third-order valence-electron chi connectivity index (χ3n) is 2.39. The Labute approximate surface area is 95.4 Å². The minimum Gasteiger partial charge on any atom is -0.277 e. The minimum atomic E-state index is -1.19. The van der Waals surface area contributed by atoms with E-state index in [1.807, 2.05) is 36.4 Å². The van der Waals surface area contributed by atoms with Crippen LogP contribution in [-0.4, -0.2) is 10.5 Å². The second kappa shape index (κ2) is 4.82. The van der Waals surface area contributed by atoms with Crippen molar-refractivity contribution < 1.29 is 9.59 Å². The molecule has 0 saturated heterocycles. The molecule has 0 saturated carbocycles. The van der Waals surface area contributed by atoms with Crippen LogP contribution < -0.4 is 0 Å². The first-order chi connectivity index (χ1) is 7.86. The summed E-state index contributed by atoms with van der Waals surface area (Å²) in [5, 5.41) is 3.48. The largest absolute Gasteiger partial charge is 0.277 e. The smallest absolute Gasteiger partial charge is 0.00890 e. The van der Waals surface area contributed by atoms with Gasteiger partial charge in [-0.1, -0.05) is 42.5 Å². The van der Waals surface area contributed by atoms with E-state index < -0.39 is 10.1 Å². The lowest BCUT2D eigenvalue weighted by atomic mass is 10.1. The van der Waals surface area contributed by atoms with Crippen molar-refractivity contribution in [3.63, 3.8) is 0 Å². The lowest BCUT2D eigenvalue weighted by Gasteiger charge is -2.13. The van der Waals surface area contributed by atoms with E-state index in [1.165, 1.54) is 0 Å². The van der Waals surface area contributed by atoms with Gasteiger partial charge in [-0.3, -0.25) is 19.7 Å². The minimum absolute atomic E-state index is 0.711. The van der Waals surface area contributed by atoms with Gasteiger partial charge in [0.1, 0.15) is 0 Å². The van der Waals surface area contributed by atoms with E-state index in [1.54, 1.807) is 16.5 Å². The molecule has 1 aliphatic rings. The maximum atomic E-state index is 10.7. The lowest BCUT2D eigenvalue weighted by molar-refractivity contribution is 0.570. The summed E-state index contributed by atoms with van der Waals surface area (Å²) in [4.78, 5) is 22.1. The second-order valence-electron chi connectivity index (χ2n) is 3.29. The van der Waals surface area contributed by atoms with Crippen LogP contribution in [0.2, 0.25) is 0 Å². The summed E-state index contributed by atoms with van der Waals surface area (Å²) in [6, 6.07) is 7.42. The first-order valence-corrected chi connectivity index (χ1v) is 6.04. The summed E-state index contributed by atoms with van der Waals surface area (Å²) in [7, 11) is -1.19. The van der Waals surface area contributed by atoms with Gasteiger partial charge >= 0.3 is 0 Å². The van der Waals surface area contributed by atoms with Crippen LogP contribution in [0.25, 0.3) is 5.57 Å². The van der Waals surface area contributed by atoms with Crippen LogP contribution in [0, 0.1) is 0 Å². The molecular formula is C13H9O2S-. The van der Waals surface area contributed by atoms with E-state index in [-0.39, 0.29) is 0 Å². The second-order valence-corrected chi connectivity index (χ2v) is 4.68. The molecule has 0 amide bonds. The fraction of sp³-hybridized carbons (Fsp3) is 0.0769. The van der Waals surface area contributed by atoms with Crippen molar-refractivity contribution in [1.82, 2.24) is 0 Å². The van der Waals surface area contributed by atoms with Crippen molar-refractivity contribution in [1.29, 1.82) is 0 Å². The van der Waals surface area contributed by atoms with Crippen molar-refractivity contribution >= 4 is 26.1 Å². The zero-order valence-electron chi connectivity index (χ0n) is 8.47. The summed E-state index contributed by atoms with van der Waals surface area (Å²) in [6.07, 6.45) is 6.85. The van der Waals surface area contributed by atoms with Crippen LogP contribution in [0.1, 0.15) is 12.0 Å². The van der Waals surface area contributed by atoms with Gasteiger partial charge in [-0.05, 0) is 28.0 Å². The van der Waals surface area contributed by atoms with E-state index in [2.05, 4.69) is 0 Å². The van der Waals surface area contributed by atoms with Gasteiger partial charge in [0.05, 0.1) is 0 Å². The Balaban J connectivity index is 2.64. The highest BCUT2D eigenvalue weighted by atomic mass is 32.2. The molecule has 0 aliphatic heterocycles. The SMILES string of the molecule is O=C=[S-](=C=O)c1ccccc1C1=CC=CC1. The summed E-state index contributed by atoms with van der Waals surface area (Å²) in [5.74, 6) is 0. The van der Waals surface area contributed by atoms with Gasteiger partial charge in [0.15, 0.2) is 0 Å². The van der Waals surface area contributed by atoms with Gasteiger partial charge in [0.2, 0.25) is 0 Å². The highest BCUT2D eigenvalue weighted by molar-refractivity contribution is 7.92. The number of hydrogen-bond acceptors (Lipinski definition) is 3. The molecule has 2 nitrogen and oxygen atoms in total. The van der Waals surface area contributed by atoms with E-state index in [0.29, 0.717) is 4.90 Å². The third-order valence-corrected chi connectivity index (χ3v) is 3.52. The average molecular weight is 229 g/mol. The van der Waals surface area contributed by atoms with Gasteiger partial charge in [0.25, 0.3) is 0 Å². The molecule has 0 bridgehead atoms. The number of rotatable bonds is 2. The number of benzene rings is 1.